The van der Waals surface area contributed by atoms with E-state index in [1.807, 2.05) is 24.3 Å². The molecule has 1 aliphatic rings. The number of ether oxygens (including phenoxy) is 1. The summed E-state index contributed by atoms with van der Waals surface area (Å²) in [6.07, 6.45) is 2.87. The van der Waals surface area contributed by atoms with E-state index in [9.17, 15) is 18.0 Å². The highest BCUT2D eigenvalue weighted by molar-refractivity contribution is 5.68. The SMILES string of the molecule is O=C(O)COc1ccc(CCCCCCCCCC(F)(F)F)cc1C1NCCc2ccccc21. The van der Waals surface area contributed by atoms with E-state index in [4.69, 9.17) is 9.84 Å². The van der Waals surface area contributed by atoms with Gasteiger partial charge in [-0.2, -0.15) is 13.2 Å². The molecule has 2 aromatic rings. The Bertz CT molecular complexity index is 930. The summed E-state index contributed by atoms with van der Waals surface area (Å²) in [5.74, 6) is -0.426. The molecule has 34 heavy (non-hydrogen) atoms. The zero-order valence-electron chi connectivity index (χ0n) is 19.5. The molecule has 186 valence electrons. The van der Waals surface area contributed by atoms with E-state index in [1.54, 1.807) is 0 Å². The van der Waals surface area contributed by atoms with E-state index >= 15 is 0 Å². The van der Waals surface area contributed by atoms with E-state index in [0.29, 0.717) is 12.2 Å². The Morgan fingerprint density at radius 1 is 0.971 bits per heavy atom. The molecule has 7 heteroatoms. The van der Waals surface area contributed by atoms with Crippen LogP contribution < -0.4 is 10.1 Å². The number of carbonyl (C=O) groups is 1. The summed E-state index contributed by atoms with van der Waals surface area (Å²) in [6, 6.07) is 14.2. The Labute approximate surface area is 199 Å². The lowest BCUT2D eigenvalue weighted by atomic mass is 9.88. The lowest BCUT2D eigenvalue weighted by Gasteiger charge is -2.29. The Kier molecular flexibility index (Phi) is 9.81. The first-order valence-electron chi connectivity index (χ1n) is 12.2. The number of aliphatic carboxylic acids is 1. The molecule has 1 unspecified atom stereocenters. The molecular formula is C27H34F3NO3. The van der Waals surface area contributed by atoms with Crippen LogP contribution in [0.3, 0.4) is 0 Å². The van der Waals surface area contributed by atoms with Gasteiger partial charge in [-0.3, -0.25) is 0 Å². The van der Waals surface area contributed by atoms with Crippen LogP contribution in [0, 0.1) is 0 Å². The number of nitrogens with one attached hydrogen (secondary N) is 1. The molecule has 1 aliphatic heterocycles. The van der Waals surface area contributed by atoms with E-state index < -0.39 is 18.6 Å². The van der Waals surface area contributed by atoms with Crippen LogP contribution >= 0.6 is 0 Å². The van der Waals surface area contributed by atoms with Crippen LogP contribution in [0.1, 0.15) is 79.7 Å². The van der Waals surface area contributed by atoms with Gasteiger partial charge in [-0.15, -0.1) is 0 Å². The number of rotatable bonds is 13. The minimum Gasteiger partial charge on any atom is -0.482 e. The van der Waals surface area contributed by atoms with Gasteiger partial charge in [-0.05, 0) is 48.4 Å². The van der Waals surface area contributed by atoms with Crippen molar-refractivity contribution in [1.29, 1.82) is 0 Å². The van der Waals surface area contributed by atoms with Gasteiger partial charge in [0.25, 0.3) is 0 Å². The number of carboxylic acid groups (broad SMARTS) is 1. The predicted octanol–water partition coefficient (Wildman–Crippen LogP) is 6.61. The highest BCUT2D eigenvalue weighted by Gasteiger charge is 2.26. The van der Waals surface area contributed by atoms with Crippen LogP contribution in [0.2, 0.25) is 0 Å². The first kappa shape index (κ1) is 26.1. The molecule has 0 aliphatic carbocycles. The maximum Gasteiger partial charge on any atom is 0.389 e. The standard InChI is InChI=1S/C27H34F3NO3/c28-27(29,30)16-9-5-3-1-2-4-6-10-20-13-14-24(34-19-25(32)33)23(18-20)26-22-12-8-7-11-21(22)15-17-31-26/h7-8,11-14,18,26,31H,1-6,9-10,15-17,19H2,(H,32,33). The molecule has 4 nitrogen and oxygen atoms in total. The number of aryl methyl sites for hydroxylation is 1. The number of alkyl halides is 3. The van der Waals surface area contributed by atoms with E-state index in [2.05, 4.69) is 23.5 Å². The largest absolute Gasteiger partial charge is 0.482 e. The van der Waals surface area contributed by atoms with Crippen LogP contribution in [0.15, 0.2) is 42.5 Å². The molecule has 0 aromatic heterocycles. The quantitative estimate of drug-likeness (QED) is 0.319. The molecular weight excluding hydrogens is 443 g/mol. The maximum atomic E-state index is 12.2. The molecule has 1 atom stereocenters. The second-order valence-corrected chi connectivity index (χ2v) is 8.98. The van der Waals surface area contributed by atoms with Crippen molar-refractivity contribution < 1.29 is 27.8 Å². The fourth-order valence-electron chi connectivity index (χ4n) is 4.57. The Balaban J connectivity index is 1.56. The summed E-state index contributed by atoms with van der Waals surface area (Å²) in [6.45, 7) is 0.455. The Morgan fingerprint density at radius 3 is 2.41 bits per heavy atom. The van der Waals surface area contributed by atoms with Crippen molar-refractivity contribution in [3.8, 4) is 5.75 Å². The second kappa shape index (κ2) is 12.8. The molecule has 0 amide bonds. The van der Waals surface area contributed by atoms with Crippen LogP contribution in [0.4, 0.5) is 13.2 Å². The summed E-state index contributed by atoms with van der Waals surface area (Å²) >= 11 is 0. The third-order valence-corrected chi connectivity index (χ3v) is 6.27. The molecule has 2 aromatic carbocycles. The van der Waals surface area contributed by atoms with Crippen LogP contribution in [0.25, 0.3) is 0 Å². The second-order valence-electron chi connectivity index (χ2n) is 8.98. The molecule has 2 N–H and O–H groups in total. The zero-order chi connectivity index (χ0) is 24.4. The van der Waals surface area contributed by atoms with E-state index in [0.717, 1.165) is 57.1 Å². The van der Waals surface area contributed by atoms with E-state index in [-0.39, 0.29) is 19.1 Å². The number of hydrogen-bond donors (Lipinski definition) is 2. The Morgan fingerprint density at radius 2 is 1.68 bits per heavy atom. The van der Waals surface area contributed by atoms with Crippen molar-refractivity contribution in [2.24, 2.45) is 0 Å². The maximum absolute atomic E-state index is 12.2. The number of carboxylic acids is 1. The van der Waals surface area contributed by atoms with Crippen molar-refractivity contribution in [3.63, 3.8) is 0 Å². The highest BCUT2D eigenvalue weighted by atomic mass is 19.4. The first-order valence-corrected chi connectivity index (χ1v) is 12.2. The van der Waals surface area contributed by atoms with E-state index in [1.165, 1.54) is 16.7 Å². The Hall–Kier alpha value is -2.54. The van der Waals surface area contributed by atoms with Crippen LogP contribution in [-0.2, 0) is 17.6 Å². The number of unbranched alkanes of at least 4 members (excludes halogenated alkanes) is 6. The predicted molar refractivity (Wildman–Crippen MR) is 126 cm³/mol. The summed E-state index contributed by atoms with van der Waals surface area (Å²) in [5.41, 5.74) is 4.61. The molecule has 3 rings (SSSR count). The van der Waals surface area contributed by atoms with Gasteiger partial charge in [0.05, 0.1) is 6.04 Å². The third kappa shape index (κ3) is 8.35. The lowest BCUT2D eigenvalue weighted by Crippen LogP contribution is -2.31. The molecule has 0 radical (unpaired) electrons. The minimum atomic E-state index is -4.04. The summed E-state index contributed by atoms with van der Waals surface area (Å²) in [7, 11) is 0. The molecule has 0 spiro atoms. The van der Waals surface area contributed by atoms with Gasteiger partial charge in [0.1, 0.15) is 5.75 Å². The summed E-state index contributed by atoms with van der Waals surface area (Å²) < 4.78 is 42.2. The van der Waals surface area contributed by atoms with Gasteiger partial charge >= 0.3 is 12.1 Å². The molecule has 0 saturated heterocycles. The third-order valence-electron chi connectivity index (χ3n) is 6.27. The molecule has 1 heterocycles. The lowest BCUT2D eigenvalue weighted by molar-refractivity contribution is -0.139. The minimum absolute atomic E-state index is 0.0506. The number of fused-ring (bicyclic) bond motifs is 1. The van der Waals surface area contributed by atoms with Crippen LogP contribution in [0.5, 0.6) is 5.75 Å². The van der Waals surface area contributed by atoms with Crippen molar-refractivity contribution in [2.45, 2.75) is 76.4 Å². The average molecular weight is 478 g/mol. The fraction of sp³-hybridized carbons (Fsp3) is 0.519. The first-order chi connectivity index (χ1) is 16.3. The topological polar surface area (TPSA) is 58.6 Å². The van der Waals surface area contributed by atoms with Crippen molar-refractivity contribution in [1.82, 2.24) is 5.32 Å². The number of benzene rings is 2. The van der Waals surface area contributed by atoms with Gasteiger partial charge in [-0.1, -0.05) is 68.5 Å². The van der Waals surface area contributed by atoms with Crippen molar-refractivity contribution in [3.05, 3.63) is 64.7 Å². The average Bonchev–Trinajstić information content (AvgIpc) is 2.81. The van der Waals surface area contributed by atoms with Crippen molar-refractivity contribution in [2.75, 3.05) is 13.2 Å². The fourth-order valence-corrected chi connectivity index (χ4v) is 4.57. The van der Waals surface area contributed by atoms with Gasteiger partial charge in [-0.25, -0.2) is 4.79 Å². The van der Waals surface area contributed by atoms with Gasteiger partial charge < -0.3 is 15.2 Å². The molecule has 0 fully saturated rings. The normalized spacial score (nSPS) is 15.7. The molecule has 0 bridgehead atoms. The smallest absolute Gasteiger partial charge is 0.389 e. The van der Waals surface area contributed by atoms with Crippen molar-refractivity contribution >= 4 is 5.97 Å². The van der Waals surface area contributed by atoms with Gasteiger partial charge in [0.2, 0.25) is 0 Å². The highest BCUT2D eigenvalue weighted by Crippen LogP contribution is 2.35. The summed E-state index contributed by atoms with van der Waals surface area (Å²) in [4.78, 5) is 11.1. The van der Waals surface area contributed by atoms with Gasteiger partial charge in [0.15, 0.2) is 6.61 Å². The number of halogens is 3. The molecule has 0 saturated carbocycles. The van der Waals surface area contributed by atoms with Crippen LogP contribution in [-0.4, -0.2) is 30.4 Å². The van der Waals surface area contributed by atoms with Gasteiger partial charge in [0, 0.05) is 18.5 Å². The number of hydrogen-bond acceptors (Lipinski definition) is 3. The zero-order valence-corrected chi connectivity index (χ0v) is 19.5. The monoisotopic (exact) mass is 477 g/mol. The summed E-state index contributed by atoms with van der Waals surface area (Å²) in [5, 5.41) is 12.6.